The number of aliphatic hydroxyl groups is 1. The highest BCUT2D eigenvalue weighted by atomic mass is 16.5. The molecule has 1 aromatic heterocycles. The van der Waals surface area contributed by atoms with Crippen LogP contribution in [-0.4, -0.2) is 52.8 Å². The first kappa shape index (κ1) is 28.8. The lowest BCUT2D eigenvalue weighted by atomic mass is 9.63. The van der Waals surface area contributed by atoms with Gasteiger partial charge >= 0.3 is 6.09 Å². The summed E-state index contributed by atoms with van der Waals surface area (Å²) in [6.07, 6.45) is 6.49. The first-order valence-electron chi connectivity index (χ1n) is 14.4. The van der Waals surface area contributed by atoms with Crippen molar-refractivity contribution in [3.63, 3.8) is 0 Å². The Kier molecular flexibility index (Phi) is 8.16. The van der Waals surface area contributed by atoms with Crippen LogP contribution >= 0.6 is 0 Å². The molecule has 2 aromatic carbocycles. The van der Waals surface area contributed by atoms with Crippen LogP contribution in [0.2, 0.25) is 0 Å². The van der Waals surface area contributed by atoms with Gasteiger partial charge in [-0.3, -0.25) is 4.79 Å². The van der Waals surface area contributed by atoms with Gasteiger partial charge in [-0.05, 0) is 79.7 Å². The fourth-order valence-corrected chi connectivity index (χ4v) is 6.59. The molecule has 216 valence electrons. The number of aromatic nitrogens is 1. The predicted molar refractivity (Wildman–Crippen MR) is 160 cm³/mol. The molecule has 2 aliphatic rings. The summed E-state index contributed by atoms with van der Waals surface area (Å²) >= 11 is 0. The zero-order valence-corrected chi connectivity index (χ0v) is 24.1. The van der Waals surface area contributed by atoms with E-state index in [1.165, 1.54) is 7.11 Å². The Hall–Kier alpha value is -3.75. The Morgan fingerprint density at radius 3 is 2.27 bits per heavy atom. The summed E-state index contributed by atoms with van der Waals surface area (Å²) in [5.74, 6) is 0.739. The summed E-state index contributed by atoms with van der Waals surface area (Å²) in [4.78, 5) is 31.1. The topological polar surface area (TPSA) is 118 Å². The molecule has 2 saturated carbocycles. The molecule has 0 saturated heterocycles. The van der Waals surface area contributed by atoms with E-state index in [2.05, 4.69) is 10.3 Å². The molecule has 0 spiro atoms. The van der Waals surface area contributed by atoms with Crippen molar-refractivity contribution in [1.82, 2.24) is 9.88 Å². The van der Waals surface area contributed by atoms with E-state index in [-0.39, 0.29) is 24.0 Å². The number of anilines is 1. The van der Waals surface area contributed by atoms with E-state index in [1.54, 1.807) is 11.9 Å². The maximum Gasteiger partial charge on any atom is 0.409 e. The molecule has 0 aliphatic heterocycles. The second kappa shape index (κ2) is 11.6. The average Bonchev–Trinajstić information content (AvgIpc) is 2.96. The van der Waals surface area contributed by atoms with Crippen LogP contribution in [0.3, 0.4) is 0 Å². The number of hydrogen-bond donors (Lipinski definition) is 3. The van der Waals surface area contributed by atoms with Gasteiger partial charge in [0.05, 0.1) is 12.7 Å². The Balaban J connectivity index is 1.29. The molecule has 0 radical (unpaired) electrons. The van der Waals surface area contributed by atoms with E-state index in [9.17, 15) is 14.7 Å². The zero-order chi connectivity index (χ0) is 29.2. The number of benzene rings is 2. The Morgan fingerprint density at radius 1 is 1.02 bits per heavy atom. The minimum absolute atomic E-state index is 0.0528. The molecule has 8 nitrogen and oxygen atoms in total. The quantitative estimate of drug-likeness (QED) is 0.344. The van der Waals surface area contributed by atoms with Crippen molar-refractivity contribution in [2.24, 2.45) is 11.7 Å². The third-order valence-electron chi connectivity index (χ3n) is 8.72. The van der Waals surface area contributed by atoms with Crippen molar-refractivity contribution in [2.75, 3.05) is 19.5 Å². The fourth-order valence-electron chi connectivity index (χ4n) is 6.59. The number of methoxy groups -OCH3 is 1. The molecule has 41 heavy (non-hydrogen) atoms. The highest BCUT2D eigenvalue weighted by molar-refractivity contribution is 5.92. The van der Waals surface area contributed by atoms with Crippen molar-refractivity contribution in [2.45, 2.75) is 69.1 Å². The summed E-state index contributed by atoms with van der Waals surface area (Å²) in [5.41, 5.74) is 10.3. The van der Waals surface area contributed by atoms with Gasteiger partial charge in [0.25, 0.3) is 0 Å². The summed E-state index contributed by atoms with van der Waals surface area (Å²) in [7, 11) is 3.17. The standard InChI is InChI=1S/C33H40N4O4/c1-32(40)20-33(34,21-32)25-13-11-24(12-14-25)28-19-35-29(18-27(28)23-7-5-4-6-8-23)36-30(38)17-22-9-15-26(16-10-22)37(2)31(39)41-3/h4-8,11-14,18-19,22,26,40H,9-10,15-17,20-21,34H2,1-3H3,(H,35,36,38). The molecular formula is C33H40N4O4. The number of carbonyl (C=O) groups excluding carboxylic acids is 2. The van der Waals surface area contributed by atoms with Gasteiger partial charge in [-0.1, -0.05) is 54.6 Å². The SMILES string of the molecule is COC(=O)N(C)C1CCC(CC(=O)Nc2cc(-c3ccccc3)c(-c3ccc(C4(N)CC(C)(O)C4)cc3)cn2)CC1. The van der Waals surface area contributed by atoms with Crippen molar-refractivity contribution < 1.29 is 19.4 Å². The smallest absolute Gasteiger partial charge is 0.409 e. The average molecular weight is 557 g/mol. The van der Waals surface area contributed by atoms with Crippen LogP contribution in [-0.2, 0) is 15.1 Å². The van der Waals surface area contributed by atoms with Gasteiger partial charge in [-0.15, -0.1) is 0 Å². The highest BCUT2D eigenvalue weighted by Crippen LogP contribution is 2.46. The molecule has 2 amide bonds. The van der Waals surface area contributed by atoms with Gasteiger partial charge in [0.2, 0.25) is 5.91 Å². The molecule has 5 rings (SSSR count). The number of hydrogen-bond acceptors (Lipinski definition) is 6. The van der Waals surface area contributed by atoms with Crippen molar-refractivity contribution >= 4 is 17.8 Å². The van der Waals surface area contributed by atoms with Crippen LogP contribution in [0, 0.1) is 5.92 Å². The van der Waals surface area contributed by atoms with Gasteiger partial charge in [0.1, 0.15) is 5.82 Å². The van der Waals surface area contributed by atoms with Crippen LogP contribution in [0.25, 0.3) is 22.3 Å². The largest absolute Gasteiger partial charge is 0.453 e. The van der Waals surface area contributed by atoms with Gasteiger partial charge in [-0.25, -0.2) is 9.78 Å². The van der Waals surface area contributed by atoms with E-state index in [4.69, 9.17) is 10.5 Å². The van der Waals surface area contributed by atoms with Crippen LogP contribution in [0.4, 0.5) is 10.6 Å². The number of ether oxygens (including phenoxy) is 1. The molecule has 0 atom stereocenters. The molecule has 0 bridgehead atoms. The van der Waals surface area contributed by atoms with E-state index < -0.39 is 11.1 Å². The molecular weight excluding hydrogens is 516 g/mol. The Morgan fingerprint density at radius 2 is 1.66 bits per heavy atom. The summed E-state index contributed by atoms with van der Waals surface area (Å²) < 4.78 is 4.84. The minimum Gasteiger partial charge on any atom is -0.453 e. The molecule has 1 heterocycles. The van der Waals surface area contributed by atoms with Crippen LogP contribution in [0.1, 0.15) is 57.4 Å². The number of nitrogens with zero attached hydrogens (tertiary/aromatic N) is 2. The monoisotopic (exact) mass is 556 g/mol. The van der Waals surface area contributed by atoms with Crippen LogP contribution in [0.15, 0.2) is 66.9 Å². The van der Waals surface area contributed by atoms with Gasteiger partial charge in [0.15, 0.2) is 0 Å². The Labute approximate surface area is 241 Å². The number of amides is 2. The van der Waals surface area contributed by atoms with Crippen molar-refractivity contribution in [3.05, 3.63) is 72.4 Å². The third-order valence-corrected chi connectivity index (χ3v) is 8.72. The number of pyridine rings is 1. The molecule has 8 heteroatoms. The zero-order valence-electron chi connectivity index (χ0n) is 24.1. The third kappa shape index (κ3) is 6.44. The van der Waals surface area contributed by atoms with E-state index in [1.807, 2.05) is 73.8 Å². The lowest BCUT2D eigenvalue weighted by molar-refractivity contribution is -0.117. The lowest BCUT2D eigenvalue weighted by Crippen LogP contribution is -2.58. The molecule has 2 fully saturated rings. The van der Waals surface area contributed by atoms with E-state index in [0.717, 1.165) is 53.5 Å². The predicted octanol–water partition coefficient (Wildman–Crippen LogP) is 5.70. The van der Waals surface area contributed by atoms with Gasteiger partial charge in [0, 0.05) is 36.8 Å². The maximum absolute atomic E-state index is 13.0. The number of rotatable bonds is 7. The number of nitrogens with two attached hydrogens (primary N) is 1. The highest BCUT2D eigenvalue weighted by Gasteiger charge is 2.49. The van der Waals surface area contributed by atoms with E-state index >= 15 is 0 Å². The normalized spacial score (nSPS) is 25.6. The second-order valence-corrected chi connectivity index (χ2v) is 12.1. The van der Waals surface area contributed by atoms with Crippen LogP contribution in [0.5, 0.6) is 0 Å². The van der Waals surface area contributed by atoms with Crippen LogP contribution < -0.4 is 11.1 Å². The summed E-state index contributed by atoms with van der Waals surface area (Å²) in [6, 6.07) is 20.3. The van der Waals surface area contributed by atoms with E-state index in [0.29, 0.717) is 25.1 Å². The van der Waals surface area contributed by atoms with Gasteiger partial charge < -0.3 is 25.8 Å². The maximum atomic E-state index is 13.0. The Bertz CT molecular complexity index is 1370. The first-order chi connectivity index (χ1) is 19.6. The summed E-state index contributed by atoms with van der Waals surface area (Å²) in [6.45, 7) is 1.82. The number of carbonyl (C=O) groups is 2. The second-order valence-electron chi connectivity index (χ2n) is 12.1. The molecule has 2 aliphatic carbocycles. The minimum atomic E-state index is -0.710. The lowest BCUT2D eigenvalue weighted by Gasteiger charge is -2.49. The molecule has 3 aromatic rings. The number of nitrogens with one attached hydrogen (secondary N) is 1. The van der Waals surface area contributed by atoms with Crippen molar-refractivity contribution in [1.29, 1.82) is 0 Å². The molecule has 0 unspecified atom stereocenters. The summed E-state index contributed by atoms with van der Waals surface area (Å²) in [5, 5.41) is 13.2. The first-order valence-corrected chi connectivity index (χ1v) is 14.4. The van der Waals surface area contributed by atoms with Crippen molar-refractivity contribution in [3.8, 4) is 22.3 Å². The molecule has 4 N–H and O–H groups in total. The van der Waals surface area contributed by atoms with Gasteiger partial charge in [-0.2, -0.15) is 0 Å². The fraction of sp³-hybridized carbons (Fsp3) is 0.424.